The van der Waals surface area contributed by atoms with Crippen molar-refractivity contribution in [1.29, 1.82) is 0 Å². The molecule has 0 N–H and O–H groups in total. The third-order valence-electron chi connectivity index (χ3n) is 1.43. The van der Waals surface area contributed by atoms with E-state index in [0.717, 1.165) is 17.8 Å². The van der Waals surface area contributed by atoms with Crippen LogP contribution in [0.3, 0.4) is 0 Å². The van der Waals surface area contributed by atoms with Crippen LogP contribution in [0.25, 0.3) is 0 Å². The molecular formula is C10H18N2O. The van der Waals surface area contributed by atoms with Crippen molar-refractivity contribution in [2.45, 2.75) is 34.1 Å². The van der Waals surface area contributed by atoms with Gasteiger partial charge >= 0.3 is 6.01 Å². The van der Waals surface area contributed by atoms with E-state index in [1.54, 1.807) is 7.11 Å². The fourth-order valence-corrected chi connectivity index (χ4v) is 0.877. The Hall–Kier alpha value is -1.12. The van der Waals surface area contributed by atoms with Crippen molar-refractivity contribution < 1.29 is 4.74 Å². The molecule has 1 aromatic heterocycles. The maximum atomic E-state index is 4.92. The molecule has 3 nitrogen and oxygen atoms in total. The molecule has 0 atom stereocenters. The third-order valence-corrected chi connectivity index (χ3v) is 1.43. The molecule has 3 heteroatoms. The molecule has 13 heavy (non-hydrogen) atoms. The first kappa shape index (κ1) is 11.9. The van der Waals surface area contributed by atoms with Gasteiger partial charge < -0.3 is 4.74 Å². The van der Waals surface area contributed by atoms with Gasteiger partial charge in [-0.1, -0.05) is 20.8 Å². The smallest absolute Gasteiger partial charge is 0.316 e. The lowest BCUT2D eigenvalue weighted by atomic mass is 10.3. The summed E-state index contributed by atoms with van der Waals surface area (Å²) < 4.78 is 4.92. The molecule has 0 saturated heterocycles. The average Bonchev–Trinajstić information content (AvgIpc) is 2.20. The van der Waals surface area contributed by atoms with Crippen LogP contribution in [-0.2, 0) is 6.42 Å². The van der Waals surface area contributed by atoms with Gasteiger partial charge in [0.15, 0.2) is 0 Å². The highest BCUT2D eigenvalue weighted by Crippen LogP contribution is 2.06. The standard InChI is InChI=1S/C8H12N2O.C2H6/c1-4-7-5-6(2)9-8(10-7)11-3;1-2/h5H,4H2,1-3H3;1-2H3. The van der Waals surface area contributed by atoms with Crippen LogP contribution in [-0.4, -0.2) is 17.1 Å². The van der Waals surface area contributed by atoms with E-state index in [-0.39, 0.29) is 0 Å². The predicted octanol–water partition coefficient (Wildman–Crippen LogP) is 2.38. The van der Waals surface area contributed by atoms with Crippen LogP contribution in [0.15, 0.2) is 6.07 Å². The van der Waals surface area contributed by atoms with Gasteiger partial charge in [0.05, 0.1) is 7.11 Å². The molecule has 74 valence electrons. The molecule has 0 unspecified atom stereocenters. The van der Waals surface area contributed by atoms with Crippen molar-refractivity contribution in [3.63, 3.8) is 0 Å². The van der Waals surface area contributed by atoms with Crippen LogP contribution < -0.4 is 4.74 Å². The first-order chi connectivity index (χ1) is 6.26. The van der Waals surface area contributed by atoms with Gasteiger partial charge in [0.2, 0.25) is 0 Å². The van der Waals surface area contributed by atoms with Crippen LogP contribution >= 0.6 is 0 Å². The second-order valence-electron chi connectivity index (χ2n) is 2.34. The van der Waals surface area contributed by atoms with Gasteiger partial charge in [-0.3, -0.25) is 0 Å². The van der Waals surface area contributed by atoms with Gasteiger partial charge in [-0.15, -0.1) is 0 Å². The summed E-state index contributed by atoms with van der Waals surface area (Å²) >= 11 is 0. The molecule has 0 fully saturated rings. The Bertz CT molecular complexity index is 226. The van der Waals surface area contributed by atoms with E-state index in [9.17, 15) is 0 Å². The number of methoxy groups -OCH3 is 1. The van der Waals surface area contributed by atoms with E-state index >= 15 is 0 Å². The minimum Gasteiger partial charge on any atom is -0.467 e. The lowest BCUT2D eigenvalue weighted by Crippen LogP contribution is -1.97. The van der Waals surface area contributed by atoms with E-state index in [0.29, 0.717) is 6.01 Å². The first-order valence-corrected chi connectivity index (χ1v) is 4.64. The fourth-order valence-electron chi connectivity index (χ4n) is 0.877. The van der Waals surface area contributed by atoms with Gasteiger partial charge in [0.1, 0.15) is 0 Å². The van der Waals surface area contributed by atoms with Gasteiger partial charge in [0, 0.05) is 11.4 Å². The summed E-state index contributed by atoms with van der Waals surface area (Å²) in [6.45, 7) is 7.99. The normalized spacial score (nSPS) is 8.69. The molecule has 1 heterocycles. The molecule has 0 spiro atoms. The zero-order valence-electron chi connectivity index (χ0n) is 9.09. The summed E-state index contributed by atoms with van der Waals surface area (Å²) in [7, 11) is 1.58. The number of aromatic nitrogens is 2. The molecule has 0 bridgehead atoms. The zero-order chi connectivity index (χ0) is 10.3. The van der Waals surface area contributed by atoms with Gasteiger partial charge in [-0.25, -0.2) is 9.97 Å². The highest BCUT2D eigenvalue weighted by Gasteiger charge is 1.98. The van der Waals surface area contributed by atoms with Crippen molar-refractivity contribution in [2.24, 2.45) is 0 Å². The molecule has 0 amide bonds. The van der Waals surface area contributed by atoms with Crippen LogP contribution in [0.1, 0.15) is 32.2 Å². The summed E-state index contributed by atoms with van der Waals surface area (Å²) in [6.07, 6.45) is 0.916. The minimum atomic E-state index is 0.460. The second kappa shape index (κ2) is 6.40. The lowest BCUT2D eigenvalue weighted by molar-refractivity contribution is 0.377. The highest BCUT2D eigenvalue weighted by atomic mass is 16.5. The molecule has 1 rings (SSSR count). The van der Waals surface area contributed by atoms with Crippen molar-refractivity contribution >= 4 is 0 Å². The molecule has 0 radical (unpaired) electrons. The maximum Gasteiger partial charge on any atom is 0.316 e. The topological polar surface area (TPSA) is 35.0 Å². The molecule has 0 saturated carbocycles. The Labute approximate surface area is 80.2 Å². The molecule has 1 aromatic rings. The second-order valence-corrected chi connectivity index (χ2v) is 2.34. The van der Waals surface area contributed by atoms with Crippen molar-refractivity contribution in [1.82, 2.24) is 9.97 Å². The average molecular weight is 182 g/mol. The molecule has 0 aliphatic heterocycles. The summed E-state index contributed by atoms with van der Waals surface area (Å²) in [6, 6.07) is 2.42. The van der Waals surface area contributed by atoms with Crippen LogP contribution in [0, 0.1) is 6.92 Å². The molecule has 0 aromatic carbocycles. The summed E-state index contributed by atoms with van der Waals surface area (Å²) in [5.41, 5.74) is 1.98. The van der Waals surface area contributed by atoms with Gasteiger partial charge in [0.25, 0.3) is 0 Å². The Morgan fingerprint density at radius 3 is 2.38 bits per heavy atom. The lowest BCUT2D eigenvalue weighted by Gasteiger charge is -2.01. The first-order valence-electron chi connectivity index (χ1n) is 4.64. The van der Waals surface area contributed by atoms with Gasteiger partial charge in [-0.2, -0.15) is 0 Å². The monoisotopic (exact) mass is 182 g/mol. The van der Waals surface area contributed by atoms with E-state index in [2.05, 4.69) is 16.9 Å². The van der Waals surface area contributed by atoms with E-state index < -0.39 is 0 Å². The number of rotatable bonds is 2. The predicted molar refractivity (Wildman–Crippen MR) is 54.0 cm³/mol. The minimum absolute atomic E-state index is 0.460. The Morgan fingerprint density at radius 2 is 1.92 bits per heavy atom. The summed E-state index contributed by atoms with van der Waals surface area (Å²) in [4.78, 5) is 8.20. The van der Waals surface area contributed by atoms with Crippen LogP contribution in [0.2, 0.25) is 0 Å². The van der Waals surface area contributed by atoms with E-state index in [1.165, 1.54) is 0 Å². The Morgan fingerprint density at radius 1 is 1.31 bits per heavy atom. The number of ether oxygens (including phenoxy) is 1. The fraction of sp³-hybridized carbons (Fsp3) is 0.600. The number of hydrogen-bond acceptors (Lipinski definition) is 3. The van der Waals surface area contributed by atoms with Crippen molar-refractivity contribution in [2.75, 3.05) is 7.11 Å². The number of aryl methyl sites for hydroxylation is 2. The quantitative estimate of drug-likeness (QED) is 0.704. The summed E-state index contributed by atoms with van der Waals surface area (Å²) in [5.74, 6) is 0. The zero-order valence-corrected chi connectivity index (χ0v) is 9.09. The van der Waals surface area contributed by atoms with E-state index in [4.69, 9.17) is 4.74 Å². The largest absolute Gasteiger partial charge is 0.467 e. The Kier molecular flexibility index (Phi) is 5.85. The molecule has 0 aliphatic carbocycles. The van der Waals surface area contributed by atoms with Gasteiger partial charge in [-0.05, 0) is 19.4 Å². The highest BCUT2D eigenvalue weighted by molar-refractivity contribution is 5.12. The van der Waals surface area contributed by atoms with Crippen LogP contribution in [0.5, 0.6) is 6.01 Å². The maximum absolute atomic E-state index is 4.92. The number of nitrogens with zero attached hydrogens (tertiary/aromatic N) is 2. The van der Waals surface area contributed by atoms with Crippen molar-refractivity contribution in [3.05, 3.63) is 17.5 Å². The SMILES string of the molecule is CC.CCc1cc(C)nc(OC)n1. The molecule has 0 aliphatic rings. The van der Waals surface area contributed by atoms with Crippen LogP contribution in [0.4, 0.5) is 0 Å². The van der Waals surface area contributed by atoms with Crippen molar-refractivity contribution in [3.8, 4) is 6.01 Å². The third kappa shape index (κ3) is 3.87. The number of hydrogen-bond donors (Lipinski definition) is 0. The summed E-state index contributed by atoms with van der Waals surface area (Å²) in [5, 5.41) is 0. The molecular weight excluding hydrogens is 164 g/mol. The Balaban J connectivity index is 0.000000671. The van der Waals surface area contributed by atoms with E-state index in [1.807, 2.05) is 26.8 Å².